The summed E-state index contributed by atoms with van der Waals surface area (Å²) in [6.45, 7) is 1.37. The summed E-state index contributed by atoms with van der Waals surface area (Å²) in [4.78, 5) is 25.9. The Bertz CT molecular complexity index is 646. The molecular formula is C18H25FN4O2. The molecule has 2 aliphatic rings. The highest BCUT2D eigenvalue weighted by molar-refractivity contribution is 5.98. The van der Waals surface area contributed by atoms with Crippen LogP contribution in [0.3, 0.4) is 0 Å². The Morgan fingerprint density at radius 1 is 1.36 bits per heavy atom. The third-order valence-corrected chi connectivity index (χ3v) is 5.15. The van der Waals surface area contributed by atoms with E-state index in [1.807, 2.05) is 0 Å². The van der Waals surface area contributed by atoms with Crippen molar-refractivity contribution in [1.29, 1.82) is 0 Å². The average Bonchev–Trinajstić information content (AvgIpc) is 3.06. The molecule has 1 unspecified atom stereocenters. The molecule has 1 aromatic carbocycles. The number of hydrogen-bond acceptors (Lipinski definition) is 3. The molecule has 3 rings (SSSR count). The van der Waals surface area contributed by atoms with E-state index in [1.165, 1.54) is 29.5 Å². The molecule has 6 nitrogen and oxygen atoms in total. The van der Waals surface area contributed by atoms with Crippen LogP contribution in [0, 0.1) is 11.7 Å². The fourth-order valence-corrected chi connectivity index (χ4v) is 3.73. The van der Waals surface area contributed by atoms with Crippen LogP contribution >= 0.6 is 0 Å². The van der Waals surface area contributed by atoms with Crippen molar-refractivity contribution in [2.45, 2.75) is 38.1 Å². The van der Waals surface area contributed by atoms with E-state index >= 15 is 0 Å². The first-order chi connectivity index (χ1) is 12.1. The van der Waals surface area contributed by atoms with Gasteiger partial charge in [0.05, 0.1) is 5.56 Å². The number of halogens is 1. The molecule has 1 atom stereocenters. The van der Waals surface area contributed by atoms with E-state index in [9.17, 15) is 14.0 Å². The minimum Gasteiger partial charge on any atom is -0.348 e. The number of nitrogens with one attached hydrogen (secondary N) is 2. The maximum atomic E-state index is 14.2. The topological polar surface area (TPSA) is 87.5 Å². The van der Waals surface area contributed by atoms with Gasteiger partial charge < -0.3 is 16.4 Å². The molecule has 1 saturated heterocycles. The summed E-state index contributed by atoms with van der Waals surface area (Å²) in [5.41, 5.74) is 6.31. The first-order valence-corrected chi connectivity index (χ1v) is 8.96. The van der Waals surface area contributed by atoms with E-state index in [-0.39, 0.29) is 17.6 Å². The van der Waals surface area contributed by atoms with Gasteiger partial charge in [0.25, 0.3) is 5.91 Å². The summed E-state index contributed by atoms with van der Waals surface area (Å²) in [6.07, 6.45) is 5.59. The normalized spacial score (nSPS) is 19.6. The van der Waals surface area contributed by atoms with Gasteiger partial charge >= 0.3 is 6.03 Å². The van der Waals surface area contributed by atoms with E-state index in [1.54, 1.807) is 0 Å². The second-order valence-electron chi connectivity index (χ2n) is 6.76. The summed E-state index contributed by atoms with van der Waals surface area (Å²) >= 11 is 0. The van der Waals surface area contributed by atoms with Gasteiger partial charge in [0, 0.05) is 31.4 Å². The molecule has 1 aliphatic heterocycles. The fourth-order valence-electron chi connectivity index (χ4n) is 3.73. The Balaban J connectivity index is 1.75. The lowest BCUT2D eigenvalue weighted by molar-refractivity contribution is 0.0911. The number of amides is 3. The third-order valence-electron chi connectivity index (χ3n) is 5.15. The monoisotopic (exact) mass is 348 g/mol. The molecular weight excluding hydrogens is 323 g/mol. The van der Waals surface area contributed by atoms with E-state index < -0.39 is 11.7 Å². The van der Waals surface area contributed by atoms with E-state index in [0.717, 1.165) is 25.7 Å². The van der Waals surface area contributed by atoms with Crippen LogP contribution in [0.15, 0.2) is 18.2 Å². The van der Waals surface area contributed by atoms with Crippen LogP contribution < -0.4 is 21.3 Å². The zero-order valence-corrected chi connectivity index (χ0v) is 14.3. The molecule has 7 heteroatoms. The van der Waals surface area contributed by atoms with Gasteiger partial charge in [0.2, 0.25) is 0 Å². The van der Waals surface area contributed by atoms with Crippen LogP contribution in [0.1, 0.15) is 42.5 Å². The van der Waals surface area contributed by atoms with E-state index in [2.05, 4.69) is 10.6 Å². The molecule has 1 aromatic rings. The quantitative estimate of drug-likeness (QED) is 0.760. The molecule has 136 valence electrons. The minimum absolute atomic E-state index is 0.0496. The molecule has 2 fully saturated rings. The number of anilines is 1. The second kappa shape index (κ2) is 7.82. The summed E-state index contributed by atoms with van der Waals surface area (Å²) in [7, 11) is 0. The SMILES string of the molecule is NCC(NC(=O)c1cc(N2CCNC2=O)ccc1F)C1CCCCC1. The number of carbonyl (C=O) groups excluding carboxylic acids is 2. The number of nitrogens with zero attached hydrogens (tertiary/aromatic N) is 1. The maximum absolute atomic E-state index is 14.2. The van der Waals surface area contributed by atoms with Gasteiger partial charge in [-0.15, -0.1) is 0 Å². The van der Waals surface area contributed by atoms with Crippen molar-refractivity contribution in [3.63, 3.8) is 0 Å². The van der Waals surface area contributed by atoms with Crippen LogP contribution in [0.5, 0.6) is 0 Å². The number of carbonyl (C=O) groups is 2. The first-order valence-electron chi connectivity index (χ1n) is 8.96. The van der Waals surface area contributed by atoms with Gasteiger partial charge in [-0.05, 0) is 37.0 Å². The van der Waals surface area contributed by atoms with Gasteiger partial charge in [-0.1, -0.05) is 19.3 Å². The van der Waals surface area contributed by atoms with Crippen LogP contribution in [0.2, 0.25) is 0 Å². The highest BCUT2D eigenvalue weighted by Gasteiger charge is 2.27. The van der Waals surface area contributed by atoms with Gasteiger partial charge in [-0.25, -0.2) is 9.18 Å². The van der Waals surface area contributed by atoms with E-state index in [4.69, 9.17) is 5.73 Å². The molecule has 25 heavy (non-hydrogen) atoms. The lowest BCUT2D eigenvalue weighted by Gasteiger charge is -2.30. The lowest BCUT2D eigenvalue weighted by Crippen LogP contribution is -2.46. The van der Waals surface area contributed by atoms with Crippen LogP contribution in [0.25, 0.3) is 0 Å². The van der Waals surface area contributed by atoms with Crippen LogP contribution in [-0.4, -0.2) is 37.6 Å². The van der Waals surface area contributed by atoms with Gasteiger partial charge in [0.1, 0.15) is 5.82 Å². The number of benzene rings is 1. The number of urea groups is 1. The van der Waals surface area contributed by atoms with Gasteiger partial charge in [0.15, 0.2) is 0 Å². The summed E-state index contributed by atoms with van der Waals surface area (Å²) in [6, 6.07) is 3.79. The Morgan fingerprint density at radius 2 is 2.12 bits per heavy atom. The smallest absolute Gasteiger partial charge is 0.321 e. The standard InChI is InChI=1S/C18H25FN4O2/c19-15-7-6-13(23-9-8-21-18(23)25)10-14(15)17(24)22-16(11-20)12-4-2-1-3-5-12/h6-7,10,12,16H,1-5,8-9,11,20H2,(H,21,25)(H,22,24). The molecule has 4 N–H and O–H groups in total. The van der Waals surface area contributed by atoms with E-state index in [0.29, 0.717) is 31.2 Å². The summed E-state index contributed by atoms with van der Waals surface area (Å²) < 4.78 is 14.2. The Morgan fingerprint density at radius 3 is 2.76 bits per heavy atom. The fraction of sp³-hybridized carbons (Fsp3) is 0.556. The second-order valence-corrected chi connectivity index (χ2v) is 6.76. The zero-order valence-electron chi connectivity index (χ0n) is 14.3. The molecule has 0 bridgehead atoms. The van der Waals surface area contributed by atoms with Crippen molar-refractivity contribution in [2.24, 2.45) is 11.7 Å². The van der Waals surface area contributed by atoms with Crippen molar-refractivity contribution < 1.29 is 14.0 Å². The largest absolute Gasteiger partial charge is 0.348 e. The highest BCUT2D eigenvalue weighted by Crippen LogP contribution is 2.27. The summed E-state index contributed by atoms with van der Waals surface area (Å²) in [5, 5.41) is 5.59. The molecule has 1 saturated carbocycles. The predicted molar refractivity (Wildman–Crippen MR) is 94.0 cm³/mol. The summed E-state index contributed by atoms with van der Waals surface area (Å²) in [5.74, 6) is -0.724. The molecule has 3 amide bonds. The molecule has 0 aromatic heterocycles. The van der Waals surface area contributed by atoms with Gasteiger partial charge in [-0.3, -0.25) is 9.69 Å². The van der Waals surface area contributed by atoms with Gasteiger partial charge in [-0.2, -0.15) is 0 Å². The molecule has 1 heterocycles. The highest BCUT2D eigenvalue weighted by atomic mass is 19.1. The number of rotatable bonds is 5. The minimum atomic E-state index is -0.597. The van der Waals surface area contributed by atoms with Crippen molar-refractivity contribution in [2.75, 3.05) is 24.5 Å². The van der Waals surface area contributed by atoms with Crippen LogP contribution in [0.4, 0.5) is 14.9 Å². The molecule has 1 aliphatic carbocycles. The molecule has 0 spiro atoms. The Hall–Kier alpha value is -2.15. The lowest BCUT2D eigenvalue weighted by atomic mass is 9.84. The Labute approximate surface area is 146 Å². The molecule has 0 radical (unpaired) electrons. The van der Waals surface area contributed by atoms with Crippen molar-refractivity contribution >= 4 is 17.6 Å². The maximum Gasteiger partial charge on any atom is 0.321 e. The number of nitrogens with two attached hydrogens (primary N) is 1. The van der Waals surface area contributed by atoms with Crippen LogP contribution in [-0.2, 0) is 0 Å². The van der Waals surface area contributed by atoms with Crippen molar-refractivity contribution in [1.82, 2.24) is 10.6 Å². The average molecular weight is 348 g/mol. The zero-order chi connectivity index (χ0) is 17.8. The number of hydrogen-bond donors (Lipinski definition) is 3. The van der Waals surface area contributed by atoms with Crippen molar-refractivity contribution in [3.8, 4) is 0 Å². The third kappa shape index (κ3) is 3.92. The Kier molecular flexibility index (Phi) is 5.53. The predicted octanol–water partition coefficient (Wildman–Crippen LogP) is 1.99. The first kappa shape index (κ1) is 17.7. The van der Waals surface area contributed by atoms with Crippen molar-refractivity contribution in [3.05, 3.63) is 29.6 Å².